The fourth-order valence-electron chi connectivity index (χ4n) is 5.37. The van der Waals surface area contributed by atoms with Crippen molar-refractivity contribution in [1.29, 1.82) is 0 Å². The highest BCUT2D eigenvalue weighted by molar-refractivity contribution is 5.95. The van der Waals surface area contributed by atoms with E-state index in [9.17, 15) is 9.59 Å². The number of likely N-dealkylation sites (N-methyl/N-ethyl adjacent to an activating group) is 1. The number of carbonyl (C=O) groups is 1. The van der Waals surface area contributed by atoms with Gasteiger partial charge >= 0.3 is 0 Å². The Labute approximate surface area is 222 Å². The van der Waals surface area contributed by atoms with Crippen LogP contribution in [0, 0.1) is 12.3 Å². The van der Waals surface area contributed by atoms with E-state index in [1.807, 2.05) is 19.1 Å². The summed E-state index contributed by atoms with van der Waals surface area (Å²) in [5.74, 6) is 0.954. The lowest BCUT2D eigenvalue weighted by atomic mass is 9.82. The van der Waals surface area contributed by atoms with Crippen LogP contribution in [0.15, 0.2) is 47.9 Å². The minimum atomic E-state index is -0.728. The molecule has 1 aromatic carbocycles. The standard InChI is InChI=1S/C28H35N7O3/c1-5-24(36)28(8-9-29-17-28)18-35-25(37)14-19(2)21-16-30-27(32-26(21)35)31-22-7-6-20(15-23(22)38-4)34-12-10-33(3)11-13-34/h5-7,14-16,29H,1,8-13,17-18H2,2-4H3,(H,30,31,32)/t28-/m0/s1. The van der Waals surface area contributed by atoms with Gasteiger partial charge < -0.3 is 25.2 Å². The molecule has 200 valence electrons. The first-order chi connectivity index (χ1) is 18.3. The Bertz CT molecular complexity index is 1420. The molecule has 10 heteroatoms. The Morgan fingerprint density at radius 2 is 2.05 bits per heavy atom. The number of nitrogens with one attached hydrogen (secondary N) is 2. The first kappa shape index (κ1) is 25.9. The summed E-state index contributed by atoms with van der Waals surface area (Å²) in [4.78, 5) is 40.0. The summed E-state index contributed by atoms with van der Waals surface area (Å²) in [7, 11) is 3.78. The molecule has 4 heterocycles. The first-order valence-electron chi connectivity index (χ1n) is 13.0. The van der Waals surface area contributed by atoms with Crippen molar-refractivity contribution in [2.45, 2.75) is 19.9 Å². The molecule has 2 aliphatic heterocycles. The maximum Gasteiger partial charge on any atom is 0.252 e. The van der Waals surface area contributed by atoms with Gasteiger partial charge in [0, 0.05) is 68.7 Å². The van der Waals surface area contributed by atoms with Gasteiger partial charge in [-0.15, -0.1) is 0 Å². The molecule has 3 aromatic rings. The van der Waals surface area contributed by atoms with E-state index in [0.717, 1.165) is 48.5 Å². The van der Waals surface area contributed by atoms with Crippen molar-refractivity contribution in [3.63, 3.8) is 0 Å². The van der Waals surface area contributed by atoms with Crippen LogP contribution >= 0.6 is 0 Å². The highest BCUT2D eigenvalue weighted by Crippen LogP contribution is 2.33. The number of fused-ring (bicyclic) bond motifs is 1. The lowest BCUT2D eigenvalue weighted by Gasteiger charge is -2.34. The smallest absolute Gasteiger partial charge is 0.252 e. The summed E-state index contributed by atoms with van der Waals surface area (Å²) < 4.78 is 7.29. The van der Waals surface area contributed by atoms with E-state index in [2.05, 4.69) is 45.1 Å². The number of pyridine rings is 1. The zero-order chi connectivity index (χ0) is 26.9. The number of hydrogen-bond acceptors (Lipinski definition) is 9. The van der Waals surface area contributed by atoms with Gasteiger partial charge in [0.1, 0.15) is 11.4 Å². The zero-order valence-corrected chi connectivity index (χ0v) is 22.3. The highest BCUT2D eigenvalue weighted by Gasteiger charge is 2.40. The van der Waals surface area contributed by atoms with Gasteiger partial charge in [-0.25, -0.2) is 4.98 Å². The normalized spacial score (nSPS) is 20.0. The van der Waals surface area contributed by atoms with Gasteiger partial charge in [0.15, 0.2) is 5.78 Å². The van der Waals surface area contributed by atoms with Gasteiger partial charge in [-0.1, -0.05) is 6.58 Å². The number of carbonyl (C=O) groups excluding carboxylic acids is 1. The molecule has 5 rings (SSSR count). The fourth-order valence-corrected chi connectivity index (χ4v) is 5.37. The van der Waals surface area contributed by atoms with Crippen molar-refractivity contribution in [3.8, 4) is 5.75 Å². The Kier molecular flexibility index (Phi) is 7.18. The van der Waals surface area contributed by atoms with Crippen LogP contribution in [0.25, 0.3) is 11.0 Å². The van der Waals surface area contributed by atoms with Crippen molar-refractivity contribution in [3.05, 3.63) is 59.0 Å². The number of allylic oxidation sites excluding steroid dienone is 1. The van der Waals surface area contributed by atoms with Crippen LogP contribution in [0.5, 0.6) is 5.75 Å². The van der Waals surface area contributed by atoms with Crippen LogP contribution in [0.2, 0.25) is 0 Å². The highest BCUT2D eigenvalue weighted by atomic mass is 16.5. The SMILES string of the molecule is C=CC(=O)[C@@]1(Cn2c(=O)cc(C)c3cnc(Nc4ccc(N5CCN(C)CC5)cc4OC)nc32)CCNC1. The van der Waals surface area contributed by atoms with E-state index in [0.29, 0.717) is 36.9 Å². The summed E-state index contributed by atoms with van der Waals surface area (Å²) in [6, 6.07) is 7.63. The number of piperazine rings is 1. The van der Waals surface area contributed by atoms with E-state index in [1.54, 1.807) is 23.9 Å². The monoisotopic (exact) mass is 517 g/mol. The molecule has 2 fully saturated rings. The van der Waals surface area contributed by atoms with Gasteiger partial charge in [0.25, 0.3) is 5.56 Å². The van der Waals surface area contributed by atoms with E-state index in [1.165, 1.54) is 6.08 Å². The average Bonchev–Trinajstić information content (AvgIpc) is 3.41. The van der Waals surface area contributed by atoms with Crippen LogP contribution in [0.1, 0.15) is 12.0 Å². The number of methoxy groups -OCH3 is 1. The molecular weight excluding hydrogens is 482 g/mol. The molecule has 1 atom stereocenters. The first-order valence-corrected chi connectivity index (χ1v) is 13.0. The van der Waals surface area contributed by atoms with Crippen LogP contribution in [-0.4, -0.2) is 78.6 Å². The average molecular weight is 518 g/mol. The topological polar surface area (TPSA) is 105 Å². The van der Waals surface area contributed by atoms with Crippen LogP contribution in [-0.2, 0) is 11.3 Å². The number of hydrogen-bond donors (Lipinski definition) is 2. The molecule has 0 aliphatic carbocycles. The third-order valence-electron chi connectivity index (χ3n) is 7.77. The van der Waals surface area contributed by atoms with Gasteiger partial charge in [-0.3, -0.25) is 14.2 Å². The molecule has 2 N–H and O–H groups in total. The van der Waals surface area contributed by atoms with E-state index in [-0.39, 0.29) is 17.9 Å². The second-order valence-corrected chi connectivity index (χ2v) is 10.3. The molecular formula is C28H35N7O3. The largest absolute Gasteiger partial charge is 0.494 e. The zero-order valence-electron chi connectivity index (χ0n) is 22.3. The number of benzene rings is 1. The third-order valence-corrected chi connectivity index (χ3v) is 7.77. The number of aryl methyl sites for hydroxylation is 1. The van der Waals surface area contributed by atoms with Crippen molar-refractivity contribution < 1.29 is 9.53 Å². The van der Waals surface area contributed by atoms with Crippen LogP contribution < -0.4 is 25.8 Å². The second-order valence-electron chi connectivity index (χ2n) is 10.3. The minimum absolute atomic E-state index is 0.0688. The number of rotatable bonds is 8. The van der Waals surface area contributed by atoms with E-state index < -0.39 is 5.41 Å². The Morgan fingerprint density at radius 1 is 1.26 bits per heavy atom. The van der Waals surface area contributed by atoms with Crippen molar-refractivity contribution in [1.82, 2.24) is 24.8 Å². The van der Waals surface area contributed by atoms with Crippen LogP contribution in [0.4, 0.5) is 17.3 Å². The Hall–Kier alpha value is -3.76. The minimum Gasteiger partial charge on any atom is -0.494 e. The molecule has 2 aromatic heterocycles. The summed E-state index contributed by atoms with van der Waals surface area (Å²) in [6.45, 7) is 10.9. The number of aromatic nitrogens is 3. The molecule has 0 bridgehead atoms. The molecule has 0 spiro atoms. The Balaban J connectivity index is 1.49. The maximum atomic E-state index is 13.2. The summed E-state index contributed by atoms with van der Waals surface area (Å²) >= 11 is 0. The van der Waals surface area contributed by atoms with Gasteiger partial charge in [0.2, 0.25) is 5.95 Å². The number of anilines is 3. The maximum absolute atomic E-state index is 13.2. The number of ether oxygens (including phenoxy) is 1. The predicted molar refractivity (Wildman–Crippen MR) is 150 cm³/mol. The van der Waals surface area contributed by atoms with Crippen LogP contribution in [0.3, 0.4) is 0 Å². The molecule has 0 radical (unpaired) electrons. The van der Waals surface area contributed by atoms with Crippen molar-refractivity contribution in [2.24, 2.45) is 5.41 Å². The number of ketones is 1. The molecule has 0 unspecified atom stereocenters. The third kappa shape index (κ3) is 4.89. The quantitative estimate of drug-likeness (QED) is 0.436. The summed E-state index contributed by atoms with van der Waals surface area (Å²) in [6.07, 6.45) is 3.71. The predicted octanol–water partition coefficient (Wildman–Crippen LogP) is 2.34. The van der Waals surface area contributed by atoms with Crippen molar-refractivity contribution in [2.75, 3.05) is 63.6 Å². The lowest BCUT2D eigenvalue weighted by molar-refractivity contribution is -0.123. The van der Waals surface area contributed by atoms with Gasteiger partial charge in [0.05, 0.1) is 18.2 Å². The van der Waals surface area contributed by atoms with E-state index >= 15 is 0 Å². The fraction of sp³-hybridized carbons (Fsp3) is 0.429. The van der Waals surface area contributed by atoms with Crippen molar-refractivity contribution >= 4 is 34.1 Å². The number of nitrogens with zero attached hydrogens (tertiary/aromatic N) is 5. The molecule has 10 nitrogen and oxygen atoms in total. The molecule has 2 saturated heterocycles. The molecule has 2 aliphatic rings. The molecule has 0 amide bonds. The lowest BCUT2D eigenvalue weighted by Crippen LogP contribution is -2.44. The Morgan fingerprint density at radius 3 is 2.74 bits per heavy atom. The summed E-state index contributed by atoms with van der Waals surface area (Å²) in [5, 5.41) is 7.30. The summed E-state index contributed by atoms with van der Waals surface area (Å²) in [5.41, 5.74) is 2.18. The van der Waals surface area contributed by atoms with Gasteiger partial charge in [-0.05, 0) is 50.7 Å². The van der Waals surface area contributed by atoms with E-state index in [4.69, 9.17) is 9.72 Å². The van der Waals surface area contributed by atoms with Gasteiger partial charge in [-0.2, -0.15) is 4.98 Å². The molecule has 0 saturated carbocycles. The molecule has 38 heavy (non-hydrogen) atoms. The second kappa shape index (κ2) is 10.5.